The molecule has 0 fully saturated rings. The van der Waals surface area contributed by atoms with Gasteiger partial charge < -0.3 is 10.2 Å². The molecule has 4 aromatic carbocycles. The van der Waals surface area contributed by atoms with Crippen LogP contribution in [0.1, 0.15) is 36.5 Å². The minimum absolute atomic E-state index is 0.0311. The molecule has 9 heteroatoms. The maximum absolute atomic E-state index is 14.4. The van der Waals surface area contributed by atoms with Crippen molar-refractivity contribution in [3.63, 3.8) is 0 Å². The minimum atomic E-state index is -4.22. The van der Waals surface area contributed by atoms with Crippen molar-refractivity contribution >= 4 is 39.1 Å². The van der Waals surface area contributed by atoms with Crippen molar-refractivity contribution in [3.8, 4) is 0 Å². The lowest BCUT2D eigenvalue weighted by Crippen LogP contribution is -2.53. The van der Waals surface area contributed by atoms with Gasteiger partial charge in [0.2, 0.25) is 11.8 Å². The average molecular weight is 632 g/mol. The smallest absolute Gasteiger partial charge is 0.264 e. The largest absolute Gasteiger partial charge is 0.354 e. The van der Waals surface area contributed by atoms with Crippen LogP contribution in [0.4, 0.5) is 5.69 Å². The highest BCUT2D eigenvalue weighted by atomic mass is 35.5. The molecule has 0 unspecified atom stereocenters. The van der Waals surface area contributed by atoms with E-state index in [-0.39, 0.29) is 34.5 Å². The minimum Gasteiger partial charge on any atom is -0.354 e. The topological polar surface area (TPSA) is 86.8 Å². The molecule has 0 radical (unpaired) electrons. The summed E-state index contributed by atoms with van der Waals surface area (Å²) in [5, 5.41) is 3.18. The summed E-state index contributed by atoms with van der Waals surface area (Å²) in [6.07, 6.45) is 1.96. The van der Waals surface area contributed by atoms with Crippen LogP contribution in [0.25, 0.3) is 0 Å². The highest BCUT2D eigenvalue weighted by Gasteiger charge is 2.35. The predicted molar refractivity (Wildman–Crippen MR) is 176 cm³/mol. The lowest BCUT2D eigenvalue weighted by molar-refractivity contribution is -0.140. The van der Waals surface area contributed by atoms with E-state index in [1.165, 1.54) is 17.0 Å². The van der Waals surface area contributed by atoms with Crippen LogP contribution in [-0.4, -0.2) is 44.3 Å². The number of halogens is 1. The van der Waals surface area contributed by atoms with Gasteiger partial charge in [-0.25, -0.2) is 8.42 Å². The van der Waals surface area contributed by atoms with Crippen LogP contribution < -0.4 is 9.62 Å². The summed E-state index contributed by atoms with van der Waals surface area (Å²) < 4.78 is 29.2. The van der Waals surface area contributed by atoms with Crippen molar-refractivity contribution in [1.29, 1.82) is 0 Å². The molecule has 0 bridgehead atoms. The number of para-hydroxylation sites is 1. The maximum Gasteiger partial charge on any atom is 0.264 e. The second-order valence-electron chi connectivity index (χ2n) is 10.6. The normalized spacial score (nSPS) is 11.9. The first-order chi connectivity index (χ1) is 21.2. The number of rotatable bonds is 14. The Labute approximate surface area is 265 Å². The summed E-state index contributed by atoms with van der Waals surface area (Å²) in [4.78, 5) is 29.7. The van der Waals surface area contributed by atoms with E-state index < -0.39 is 28.5 Å². The van der Waals surface area contributed by atoms with Crippen LogP contribution >= 0.6 is 11.6 Å². The first kappa shape index (κ1) is 32.8. The Morgan fingerprint density at radius 3 is 2.02 bits per heavy atom. The second kappa shape index (κ2) is 15.5. The van der Waals surface area contributed by atoms with E-state index in [1.807, 2.05) is 74.5 Å². The number of benzene rings is 4. The number of aryl methyl sites for hydroxylation is 1. The van der Waals surface area contributed by atoms with Crippen LogP contribution in [0.15, 0.2) is 114 Å². The number of nitrogens with one attached hydrogen (secondary N) is 1. The van der Waals surface area contributed by atoms with Gasteiger partial charge in [-0.2, -0.15) is 0 Å². The molecule has 0 aromatic heterocycles. The van der Waals surface area contributed by atoms with E-state index in [2.05, 4.69) is 5.32 Å². The molecule has 44 heavy (non-hydrogen) atoms. The zero-order valence-corrected chi connectivity index (χ0v) is 26.6. The van der Waals surface area contributed by atoms with Crippen molar-refractivity contribution in [1.82, 2.24) is 10.2 Å². The summed E-state index contributed by atoms with van der Waals surface area (Å²) >= 11 is 6.53. The Kier molecular flexibility index (Phi) is 11.6. The van der Waals surface area contributed by atoms with Crippen LogP contribution in [0, 0.1) is 6.92 Å². The number of anilines is 1. The molecule has 0 aliphatic rings. The lowest BCUT2D eigenvalue weighted by Gasteiger charge is -2.34. The molecule has 4 aromatic rings. The van der Waals surface area contributed by atoms with Crippen LogP contribution in [0.5, 0.6) is 0 Å². The fourth-order valence-electron chi connectivity index (χ4n) is 4.85. The standard InChI is InChI=1S/C35H38ClN3O4S/c1-3-4-23-37-35(41)33(24-28-13-7-5-8-14-28)38(25-29-15-9-6-10-16-29)34(40)26-39(32-18-12-11-17-31(32)36)44(42,43)30-21-19-27(2)20-22-30/h5-22,33H,3-4,23-26H2,1-2H3,(H,37,41)/t33-/m1/s1. The Balaban J connectivity index is 1.78. The van der Waals surface area contributed by atoms with Gasteiger partial charge in [-0.05, 0) is 48.7 Å². The van der Waals surface area contributed by atoms with Crippen molar-refractivity contribution in [3.05, 3.63) is 131 Å². The quantitative estimate of drug-likeness (QED) is 0.163. The fraction of sp³-hybridized carbons (Fsp3) is 0.257. The summed E-state index contributed by atoms with van der Waals surface area (Å²) in [5.41, 5.74) is 2.76. The zero-order chi connectivity index (χ0) is 31.5. The summed E-state index contributed by atoms with van der Waals surface area (Å²) in [5.74, 6) is -0.826. The third-order valence-electron chi connectivity index (χ3n) is 7.31. The van der Waals surface area contributed by atoms with Gasteiger partial charge in [0.1, 0.15) is 12.6 Å². The molecule has 1 atom stereocenters. The van der Waals surface area contributed by atoms with Gasteiger partial charge >= 0.3 is 0 Å². The van der Waals surface area contributed by atoms with Gasteiger partial charge in [0, 0.05) is 19.5 Å². The monoisotopic (exact) mass is 631 g/mol. The lowest BCUT2D eigenvalue weighted by atomic mass is 10.0. The first-order valence-corrected chi connectivity index (χ1v) is 16.5. The highest BCUT2D eigenvalue weighted by Crippen LogP contribution is 2.31. The van der Waals surface area contributed by atoms with Crippen LogP contribution in [-0.2, 0) is 32.6 Å². The van der Waals surface area contributed by atoms with Gasteiger partial charge in [0.15, 0.2) is 0 Å². The number of hydrogen-bond acceptors (Lipinski definition) is 4. The third kappa shape index (κ3) is 8.49. The van der Waals surface area contributed by atoms with E-state index in [4.69, 9.17) is 11.6 Å². The van der Waals surface area contributed by atoms with E-state index in [1.54, 1.807) is 36.4 Å². The van der Waals surface area contributed by atoms with E-state index in [0.29, 0.717) is 6.54 Å². The molecule has 0 spiro atoms. The van der Waals surface area contributed by atoms with Crippen molar-refractivity contribution in [2.75, 3.05) is 17.4 Å². The molecule has 2 amide bonds. The number of hydrogen-bond donors (Lipinski definition) is 1. The molecule has 0 saturated carbocycles. The van der Waals surface area contributed by atoms with Gasteiger partial charge in [0.05, 0.1) is 15.6 Å². The Morgan fingerprint density at radius 2 is 1.41 bits per heavy atom. The van der Waals surface area contributed by atoms with Crippen molar-refractivity contribution in [2.24, 2.45) is 0 Å². The van der Waals surface area contributed by atoms with E-state index >= 15 is 0 Å². The van der Waals surface area contributed by atoms with Gasteiger partial charge in [0.25, 0.3) is 10.0 Å². The van der Waals surface area contributed by atoms with Crippen LogP contribution in [0.3, 0.4) is 0 Å². The van der Waals surface area contributed by atoms with Gasteiger partial charge in [-0.1, -0.05) is 115 Å². The predicted octanol–water partition coefficient (Wildman–Crippen LogP) is 6.40. The second-order valence-corrected chi connectivity index (χ2v) is 12.9. The number of unbranched alkanes of at least 4 members (excludes halogenated alkanes) is 1. The molecule has 0 aliphatic carbocycles. The van der Waals surface area contributed by atoms with Crippen molar-refractivity contribution < 1.29 is 18.0 Å². The number of carbonyl (C=O) groups excluding carboxylic acids is 2. The maximum atomic E-state index is 14.4. The summed E-state index contributed by atoms with van der Waals surface area (Å²) in [7, 11) is -4.22. The molecule has 0 saturated heterocycles. The number of nitrogens with zero attached hydrogens (tertiary/aromatic N) is 2. The van der Waals surface area contributed by atoms with E-state index in [0.717, 1.165) is 33.8 Å². The molecule has 0 heterocycles. The summed E-state index contributed by atoms with van der Waals surface area (Å²) in [6, 6.07) is 30.9. The molecular weight excluding hydrogens is 594 g/mol. The Hall–Kier alpha value is -4.14. The highest BCUT2D eigenvalue weighted by molar-refractivity contribution is 7.92. The molecule has 230 valence electrons. The number of carbonyl (C=O) groups is 2. The van der Waals surface area contributed by atoms with Crippen LogP contribution in [0.2, 0.25) is 5.02 Å². The first-order valence-electron chi connectivity index (χ1n) is 14.7. The SMILES string of the molecule is CCCCNC(=O)[C@@H](Cc1ccccc1)N(Cc1ccccc1)C(=O)CN(c1ccccc1Cl)S(=O)(=O)c1ccc(C)cc1. The average Bonchev–Trinajstić information content (AvgIpc) is 3.03. The Bertz CT molecular complexity index is 1630. The van der Waals surface area contributed by atoms with Crippen molar-refractivity contribution in [2.45, 2.75) is 50.6 Å². The van der Waals surface area contributed by atoms with E-state index in [9.17, 15) is 18.0 Å². The zero-order valence-electron chi connectivity index (χ0n) is 25.0. The molecular formula is C35H38ClN3O4S. The third-order valence-corrected chi connectivity index (χ3v) is 9.40. The Morgan fingerprint density at radius 1 is 0.818 bits per heavy atom. The molecule has 0 aliphatic heterocycles. The molecule has 4 rings (SSSR count). The summed E-state index contributed by atoms with van der Waals surface area (Å²) in [6.45, 7) is 3.93. The van der Waals surface area contributed by atoms with Gasteiger partial charge in [-0.3, -0.25) is 13.9 Å². The number of sulfonamides is 1. The molecule has 7 nitrogen and oxygen atoms in total. The van der Waals surface area contributed by atoms with Gasteiger partial charge in [-0.15, -0.1) is 0 Å². The number of amides is 2. The fourth-order valence-corrected chi connectivity index (χ4v) is 6.57. The molecule has 1 N–H and O–H groups in total.